The molecule has 2 aromatic carbocycles. The van der Waals surface area contributed by atoms with E-state index in [4.69, 9.17) is 16.3 Å². The van der Waals surface area contributed by atoms with Crippen molar-refractivity contribution in [2.75, 3.05) is 32.7 Å². The van der Waals surface area contributed by atoms with Crippen LogP contribution in [0.15, 0.2) is 53.4 Å². The van der Waals surface area contributed by atoms with Gasteiger partial charge in [0.05, 0.1) is 18.1 Å². The number of halogens is 2. The van der Waals surface area contributed by atoms with Crippen LogP contribution >= 0.6 is 27.5 Å². The van der Waals surface area contributed by atoms with Gasteiger partial charge >= 0.3 is 6.09 Å². The number of imidazole rings is 1. The van der Waals surface area contributed by atoms with Gasteiger partial charge in [-0.1, -0.05) is 39.7 Å². The maximum atomic E-state index is 14.5. The molecule has 8 nitrogen and oxygen atoms in total. The minimum absolute atomic E-state index is 0.00180. The topological polar surface area (TPSA) is 70.9 Å². The summed E-state index contributed by atoms with van der Waals surface area (Å²) in [5.74, 6) is 0.327. The Hall–Kier alpha value is -2.88. The highest BCUT2D eigenvalue weighted by atomic mass is 79.9. The van der Waals surface area contributed by atoms with Crippen molar-refractivity contribution in [3.63, 3.8) is 0 Å². The van der Waals surface area contributed by atoms with Crippen molar-refractivity contribution < 1.29 is 14.3 Å². The molecule has 0 N–H and O–H groups in total. The van der Waals surface area contributed by atoms with Crippen molar-refractivity contribution in [3.8, 4) is 0 Å². The fraction of sp³-hybridized carbons (Fsp3) is 0.514. The normalized spacial score (nSPS) is 22.4. The van der Waals surface area contributed by atoms with Crippen LogP contribution < -0.4 is 0 Å². The Morgan fingerprint density at radius 3 is 2.47 bits per heavy atom. The number of benzene rings is 2. The molecule has 240 valence electrons. The first-order chi connectivity index (χ1) is 21.4. The number of rotatable bonds is 4. The van der Waals surface area contributed by atoms with E-state index in [0.717, 1.165) is 47.4 Å². The van der Waals surface area contributed by atoms with Gasteiger partial charge in [-0.2, -0.15) is 0 Å². The summed E-state index contributed by atoms with van der Waals surface area (Å²) in [5, 5.41) is 0.730. The third kappa shape index (κ3) is 7.26. The summed E-state index contributed by atoms with van der Waals surface area (Å²) in [6, 6.07) is 12.0. The quantitative estimate of drug-likeness (QED) is 0.306. The summed E-state index contributed by atoms with van der Waals surface area (Å²) in [4.78, 5) is 38.6. The lowest BCUT2D eigenvalue weighted by Crippen LogP contribution is -2.62. The van der Waals surface area contributed by atoms with Crippen molar-refractivity contribution >= 4 is 39.5 Å². The van der Waals surface area contributed by atoms with E-state index in [2.05, 4.69) is 66.9 Å². The molecule has 2 amide bonds. The van der Waals surface area contributed by atoms with Crippen LogP contribution in [0.2, 0.25) is 5.02 Å². The SMILES string of the molecule is Cc1cn(CC2CCCN(C(=O)[C@H]3CN(C4c5ccc(Cl)cc5CCc5cc(Br)ccc54)CCN3C(=O)OC(C)(C)C)C2)cn1. The van der Waals surface area contributed by atoms with E-state index in [0.29, 0.717) is 38.6 Å². The third-order valence-electron chi connectivity index (χ3n) is 9.21. The van der Waals surface area contributed by atoms with Gasteiger partial charge in [-0.3, -0.25) is 14.6 Å². The Balaban J connectivity index is 1.32. The molecule has 3 atom stereocenters. The number of aryl methyl sites for hydroxylation is 3. The van der Waals surface area contributed by atoms with Crippen molar-refractivity contribution in [3.05, 3.63) is 86.4 Å². The molecule has 2 fully saturated rings. The van der Waals surface area contributed by atoms with Crippen molar-refractivity contribution in [2.45, 2.75) is 77.6 Å². The Morgan fingerprint density at radius 1 is 1.02 bits per heavy atom. The number of carbonyl (C=O) groups is 2. The Kier molecular flexibility index (Phi) is 9.33. The molecule has 6 rings (SSSR count). The number of hydrogen-bond donors (Lipinski definition) is 0. The second-order valence-corrected chi connectivity index (χ2v) is 15.1. The molecule has 45 heavy (non-hydrogen) atoms. The number of nitrogens with zero attached hydrogens (tertiary/aromatic N) is 5. The number of ether oxygens (including phenoxy) is 1. The maximum Gasteiger partial charge on any atom is 0.411 e. The molecule has 1 aromatic heterocycles. The molecular formula is C35H43BrClN5O3. The first-order valence-electron chi connectivity index (χ1n) is 16.0. The summed E-state index contributed by atoms with van der Waals surface area (Å²) >= 11 is 10.2. The van der Waals surface area contributed by atoms with Gasteiger partial charge in [0.25, 0.3) is 0 Å². The molecular weight excluding hydrogens is 654 g/mol. The van der Waals surface area contributed by atoms with Crippen LogP contribution in [0.3, 0.4) is 0 Å². The van der Waals surface area contributed by atoms with E-state index in [1.54, 1.807) is 4.90 Å². The average Bonchev–Trinajstić information content (AvgIpc) is 3.33. The molecule has 1 aliphatic carbocycles. The lowest BCUT2D eigenvalue weighted by molar-refractivity contribution is -0.141. The molecule has 3 aromatic rings. The fourth-order valence-corrected chi connectivity index (χ4v) is 7.83. The highest BCUT2D eigenvalue weighted by molar-refractivity contribution is 9.10. The second kappa shape index (κ2) is 13.1. The number of piperazine rings is 1. The molecule has 10 heteroatoms. The van der Waals surface area contributed by atoms with Gasteiger partial charge in [-0.25, -0.2) is 9.78 Å². The highest BCUT2D eigenvalue weighted by Gasteiger charge is 2.43. The fourth-order valence-electron chi connectivity index (χ4n) is 7.23. The van der Waals surface area contributed by atoms with Gasteiger partial charge in [0.1, 0.15) is 11.6 Å². The first-order valence-corrected chi connectivity index (χ1v) is 17.2. The van der Waals surface area contributed by atoms with E-state index >= 15 is 0 Å². The van der Waals surface area contributed by atoms with Crippen LogP contribution in [0, 0.1) is 12.8 Å². The molecule has 0 radical (unpaired) electrons. The predicted molar refractivity (Wildman–Crippen MR) is 179 cm³/mol. The molecule has 0 spiro atoms. The Bertz CT molecular complexity index is 1520. The largest absolute Gasteiger partial charge is 0.444 e. The minimum Gasteiger partial charge on any atom is -0.444 e. The number of aromatic nitrogens is 2. The number of amides is 2. The number of piperidine rings is 1. The van der Waals surface area contributed by atoms with Crippen LogP contribution in [0.1, 0.15) is 67.6 Å². The Morgan fingerprint density at radius 2 is 1.76 bits per heavy atom. The lowest BCUT2D eigenvalue weighted by Gasteiger charge is -2.46. The van der Waals surface area contributed by atoms with Crippen LogP contribution in [-0.2, 0) is 28.9 Å². The van der Waals surface area contributed by atoms with Gasteiger partial charge in [0.2, 0.25) is 5.91 Å². The molecule has 3 aliphatic rings. The summed E-state index contributed by atoms with van der Waals surface area (Å²) in [6.45, 7) is 11.2. The number of likely N-dealkylation sites (tertiary alicyclic amines) is 1. The van der Waals surface area contributed by atoms with Gasteiger partial charge in [-0.15, -0.1) is 0 Å². The van der Waals surface area contributed by atoms with Crippen molar-refractivity contribution in [1.82, 2.24) is 24.3 Å². The van der Waals surface area contributed by atoms with Crippen molar-refractivity contribution in [1.29, 1.82) is 0 Å². The van der Waals surface area contributed by atoms with Crippen LogP contribution in [0.5, 0.6) is 0 Å². The predicted octanol–water partition coefficient (Wildman–Crippen LogP) is 6.66. The zero-order chi connectivity index (χ0) is 31.9. The van der Waals surface area contributed by atoms with E-state index in [9.17, 15) is 9.59 Å². The van der Waals surface area contributed by atoms with E-state index in [1.807, 2.05) is 45.0 Å². The second-order valence-electron chi connectivity index (χ2n) is 13.8. The van der Waals surface area contributed by atoms with Crippen molar-refractivity contribution in [2.24, 2.45) is 5.92 Å². The van der Waals surface area contributed by atoms with Gasteiger partial charge in [0, 0.05) is 55.0 Å². The summed E-state index contributed by atoms with van der Waals surface area (Å²) < 4.78 is 9.03. The van der Waals surface area contributed by atoms with E-state index in [1.165, 1.54) is 22.3 Å². The minimum atomic E-state index is -0.660. The van der Waals surface area contributed by atoms with E-state index in [-0.39, 0.29) is 11.9 Å². The zero-order valence-corrected chi connectivity index (χ0v) is 29.0. The molecule has 2 unspecified atom stereocenters. The summed E-state index contributed by atoms with van der Waals surface area (Å²) in [5.41, 5.74) is 5.30. The molecule has 2 saturated heterocycles. The lowest BCUT2D eigenvalue weighted by atomic mass is 9.91. The maximum absolute atomic E-state index is 14.5. The zero-order valence-electron chi connectivity index (χ0n) is 26.6. The molecule has 3 heterocycles. The van der Waals surface area contributed by atoms with E-state index < -0.39 is 17.7 Å². The molecule has 0 bridgehead atoms. The first kappa shape index (κ1) is 32.1. The Labute approximate surface area is 279 Å². The van der Waals surface area contributed by atoms with Gasteiger partial charge in [0.15, 0.2) is 0 Å². The van der Waals surface area contributed by atoms with Gasteiger partial charge in [-0.05, 0) is 106 Å². The van der Waals surface area contributed by atoms with Crippen LogP contribution in [-0.4, -0.2) is 80.6 Å². The number of hydrogen-bond acceptors (Lipinski definition) is 5. The van der Waals surface area contributed by atoms with Crippen LogP contribution in [0.25, 0.3) is 0 Å². The smallest absolute Gasteiger partial charge is 0.411 e. The molecule has 0 saturated carbocycles. The monoisotopic (exact) mass is 695 g/mol. The van der Waals surface area contributed by atoms with Crippen LogP contribution in [0.4, 0.5) is 4.79 Å². The highest BCUT2D eigenvalue weighted by Crippen LogP contribution is 2.40. The standard InChI is InChI=1S/C35H43BrClN5O3/c1-23-18-39(22-38-23)19-24-6-5-13-41(20-24)33(43)31-21-40(14-15-42(31)34(44)45-35(2,3)4)32-29-11-9-27(36)16-25(29)7-8-26-17-28(37)10-12-30(26)32/h9-12,16-18,22,24,31-32H,5-8,13-15,19-21H2,1-4H3/t24?,31-,32?/m1/s1. The van der Waals surface area contributed by atoms with Gasteiger partial charge < -0.3 is 14.2 Å². The molecule has 2 aliphatic heterocycles. The summed E-state index contributed by atoms with van der Waals surface area (Å²) in [6.07, 6.45) is 7.28. The summed E-state index contributed by atoms with van der Waals surface area (Å²) in [7, 11) is 0. The average molecular weight is 697 g/mol. The number of fused-ring (bicyclic) bond motifs is 2. The third-order valence-corrected chi connectivity index (χ3v) is 9.94. The number of carbonyl (C=O) groups excluding carboxylic acids is 2.